The first-order valence-electron chi connectivity index (χ1n) is 7.05. The first-order valence-corrected chi connectivity index (χ1v) is 8.03. The zero-order valence-corrected chi connectivity index (χ0v) is 12.6. The molecule has 3 rings (SSSR count). The highest BCUT2D eigenvalue weighted by Crippen LogP contribution is 2.33. The quantitative estimate of drug-likeness (QED) is 0.656. The minimum Gasteiger partial charge on any atom is -0.486 e. The summed E-state index contributed by atoms with van der Waals surface area (Å²) >= 11 is 1.81. The van der Waals surface area contributed by atoms with Crippen LogP contribution in [0.25, 0.3) is 0 Å². The van der Waals surface area contributed by atoms with Crippen LogP contribution in [0.3, 0.4) is 0 Å². The monoisotopic (exact) mass is 302 g/mol. The van der Waals surface area contributed by atoms with Gasteiger partial charge in [-0.1, -0.05) is 6.07 Å². The van der Waals surface area contributed by atoms with Gasteiger partial charge in [-0.2, -0.15) is 0 Å². The van der Waals surface area contributed by atoms with Gasteiger partial charge in [0.15, 0.2) is 11.5 Å². The maximum absolute atomic E-state index is 5.59. The van der Waals surface area contributed by atoms with E-state index in [1.165, 1.54) is 4.90 Å². The van der Waals surface area contributed by atoms with Crippen molar-refractivity contribution in [3.63, 3.8) is 0 Å². The molecular formula is C16H18N2O2S. The van der Waals surface area contributed by atoms with Crippen LogP contribution in [-0.4, -0.2) is 30.5 Å². The lowest BCUT2D eigenvalue weighted by molar-refractivity contribution is 0.171. The fourth-order valence-corrected chi connectivity index (χ4v) is 2.91. The Morgan fingerprint density at radius 3 is 2.86 bits per heavy atom. The van der Waals surface area contributed by atoms with Crippen LogP contribution in [0.1, 0.15) is 5.69 Å². The Kier molecular flexibility index (Phi) is 4.97. The van der Waals surface area contributed by atoms with Gasteiger partial charge < -0.3 is 14.8 Å². The fraction of sp³-hybridized carbons (Fsp3) is 0.312. The van der Waals surface area contributed by atoms with Crippen molar-refractivity contribution in [1.29, 1.82) is 0 Å². The van der Waals surface area contributed by atoms with Crippen molar-refractivity contribution in [3.05, 3.63) is 48.3 Å². The van der Waals surface area contributed by atoms with E-state index >= 15 is 0 Å². The van der Waals surface area contributed by atoms with Gasteiger partial charge in [0, 0.05) is 29.9 Å². The second-order valence-corrected chi connectivity index (χ2v) is 5.82. The number of nitrogens with one attached hydrogen (secondary N) is 1. The highest BCUT2D eigenvalue weighted by molar-refractivity contribution is 7.99. The summed E-state index contributed by atoms with van der Waals surface area (Å²) in [4.78, 5) is 5.49. The van der Waals surface area contributed by atoms with E-state index in [4.69, 9.17) is 9.47 Å². The number of rotatable bonds is 6. The number of thioether (sulfide) groups is 1. The third-order valence-corrected chi connectivity index (χ3v) is 4.09. The Labute approximate surface area is 128 Å². The molecular weight excluding hydrogens is 284 g/mol. The Hall–Kier alpha value is -1.72. The van der Waals surface area contributed by atoms with Gasteiger partial charge in [-0.25, -0.2) is 0 Å². The largest absolute Gasteiger partial charge is 0.486 e. The third-order valence-electron chi connectivity index (χ3n) is 3.09. The fourth-order valence-electron chi connectivity index (χ4n) is 2.07. The van der Waals surface area contributed by atoms with E-state index in [9.17, 15) is 0 Å². The van der Waals surface area contributed by atoms with Crippen molar-refractivity contribution in [1.82, 2.24) is 10.3 Å². The number of ether oxygens (including phenoxy) is 2. The lowest BCUT2D eigenvalue weighted by Crippen LogP contribution is -2.17. The average Bonchev–Trinajstić information content (AvgIpc) is 2.55. The van der Waals surface area contributed by atoms with Gasteiger partial charge in [-0.05, 0) is 30.3 Å². The Morgan fingerprint density at radius 1 is 1.10 bits per heavy atom. The highest BCUT2D eigenvalue weighted by atomic mass is 32.2. The third kappa shape index (κ3) is 4.12. The lowest BCUT2D eigenvalue weighted by Gasteiger charge is -2.18. The smallest absolute Gasteiger partial charge is 0.162 e. The average molecular weight is 302 g/mol. The van der Waals surface area contributed by atoms with Gasteiger partial charge >= 0.3 is 0 Å². The van der Waals surface area contributed by atoms with E-state index in [-0.39, 0.29) is 0 Å². The van der Waals surface area contributed by atoms with Crippen molar-refractivity contribution >= 4 is 11.8 Å². The number of hydrogen-bond acceptors (Lipinski definition) is 5. The topological polar surface area (TPSA) is 43.4 Å². The molecule has 110 valence electrons. The number of nitrogens with zero attached hydrogens (tertiary/aromatic N) is 1. The summed E-state index contributed by atoms with van der Waals surface area (Å²) in [6.45, 7) is 3.02. The second-order valence-electron chi connectivity index (χ2n) is 4.65. The van der Waals surface area contributed by atoms with Crippen LogP contribution >= 0.6 is 11.8 Å². The summed E-state index contributed by atoms with van der Waals surface area (Å²) in [5.41, 5.74) is 1.07. The maximum Gasteiger partial charge on any atom is 0.162 e. The normalized spacial score (nSPS) is 13.1. The van der Waals surface area contributed by atoms with E-state index in [1.54, 1.807) is 0 Å². The van der Waals surface area contributed by atoms with Crippen molar-refractivity contribution in [2.75, 3.05) is 25.5 Å². The molecule has 0 amide bonds. The molecule has 2 aromatic rings. The van der Waals surface area contributed by atoms with E-state index < -0.39 is 0 Å². The van der Waals surface area contributed by atoms with Crippen LogP contribution in [-0.2, 0) is 6.54 Å². The molecule has 0 unspecified atom stereocenters. The van der Waals surface area contributed by atoms with Crippen LogP contribution in [0.4, 0.5) is 0 Å². The first-order chi connectivity index (χ1) is 10.4. The first kappa shape index (κ1) is 14.2. The Morgan fingerprint density at radius 2 is 2.00 bits per heavy atom. The van der Waals surface area contributed by atoms with Crippen molar-refractivity contribution in [2.45, 2.75) is 11.4 Å². The minimum atomic E-state index is 0.632. The van der Waals surface area contributed by atoms with Crippen LogP contribution < -0.4 is 14.8 Å². The van der Waals surface area contributed by atoms with Crippen LogP contribution in [0, 0.1) is 0 Å². The van der Waals surface area contributed by atoms with Crippen LogP contribution in [0.2, 0.25) is 0 Å². The van der Waals surface area contributed by atoms with Gasteiger partial charge in [0.1, 0.15) is 13.2 Å². The molecule has 0 atom stereocenters. The molecule has 0 aliphatic carbocycles. The van der Waals surface area contributed by atoms with Gasteiger partial charge in [0.2, 0.25) is 0 Å². The SMILES string of the molecule is c1ccc(CNCCSc2ccc3c(c2)OCCO3)nc1. The molecule has 0 fully saturated rings. The molecule has 2 heterocycles. The number of fused-ring (bicyclic) bond motifs is 1. The number of aromatic nitrogens is 1. The summed E-state index contributed by atoms with van der Waals surface area (Å²) in [6, 6.07) is 12.1. The van der Waals surface area contributed by atoms with Crippen molar-refractivity contribution in [3.8, 4) is 11.5 Å². The minimum absolute atomic E-state index is 0.632. The standard InChI is InChI=1S/C16H18N2O2S/c1-2-6-18-13(3-1)12-17-7-10-21-14-4-5-15-16(11-14)20-9-8-19-15/h1-6,11,17H,7-10,12H2. The molecule has 1 aromatic heterocycles. The molecule has 0 bridgehead atoms. The van der Waals surface area contributed by atoms with Gasteiger partial charge in [0.05, 0.1) is 5.69 Å². The summed E-state index contributed by atoms with van der Waals surface area (Å²) in [5.74, 6) is 2.71. The van der Waals surface area contributed by atoms with E-state index in [1.807, 2.05) is 42.2 Å². The van der Waals surface area contributed by atoms with Crippen LogP contribution in [0.15, 0.2) is 47.5 Å². The molecule has 5 heteroatoms. The lowest BCUT2D eigenvalue weighted by atomic mass is 10.3. The van der Waals surface area contributed by atoms with Crippen molar-refractivity contribution < 1.29 is 9.47 Å². The Balaban J connectivity index is 1.41. The zero-order chi connectivity index (χ0) is 14.3. The molecule has 1 aliphatic heterocycles. The molecule has 4 nitrogen and oxygen atoms in total. The van der Waals surface area contributed by atoms with Crippen LogP contribution in [0.5, 0.6) is 11.5 Å². The van der Waals surface area contributed by atoms with Gasteiger partial charge in [-0.15, -0.1) is 11.8 Å². The predicted octanol–water partition coefficient (Wildman–Crippen LogP) is 2.73. The number of hydrogen-bond donors (Lipinski definition) is 1. The zero-order valence-electron chi connectivity index (χ0n) is 11.7. The van der Waals surface area contributed by atoms with E-state index in [0.717, 1.165) is 36.0 Å². The summed E-state index contributed by atoms with van der Waals surface area (Å²) in [5, 5.41) is 3.39. The summed E-state index contributed by atoms with van der Waals surface area (Å²) in [6.07, 6.45) is 1.82. The highest BCUT2D eigenvalue weighted by Gasteiger charge is 2.11. The Bertz CT molecular complexity index is 578. The van der Waals surface area contributed by atoms with Gasteiger partial charge in [0.25, 0.3) is 0 Å². The molecule has 21 heavy (non-hydrogen) atoms. The molecule has 0 radical (unpaired) electrons. The maximum atomic E-state index is 5.59. The van der Waals surface area contributed by atoms with E-state index in [2.05, 4.69) is 22.4 Å². The van der Waals surface area contributed by atoms with E-state index in [0.29, 0.717) is 13.2 Å². The molecule has 0 saturated carbocycles. The van der Waals surface area contributed by atoms with Crippen molar-refractivity contribution in [2.24, 2.45) is 0 Å². The number of benzene rings is 1. The molecule has 0 spiro atoms. The second kappa shape index (κ2) is 7.33. The molecule has 0 saturated heterocycles. The molecule has 1 aromatic carbocycles. The molecule has 1 aliphatic rings. The molecule has 1 N–H and O–H groups in total. The summed E-state index contributed by atoms with van der Waals surface area (Å²) in [7, 11) is 0. The number of pyridine rings is 1. The summed E-state index contributed by atoms with van der Waals surface area (Å²) < 4.78 is 11.1. The predicted molar refractivity (Wildman–Crippen MR) is 84.1 cm³/mol. The van der Waals surface area contributed by atoms with Gasteiger partial charge in [-0.3, -0.25) is 4.98 Å².